The number of hydrogen-bond donors (Lipinski definition) is 2. The summed E-state index contributed by atoms with van der Waals surface area (Å²) in [6, 6.07) is 20.2. The first-order valence-corrected chi connectivity index (χ1v) is 10.4. The molecule has 0 aliphatic carbocycles. The minimum Gasteiger partial charge on any atom is -0.356 e. The first kappa shape index (κ1) is 25.4. The molecule has 2 N–H and O–H groups in total. The molecule has 32 heavy (non-hydrogen) atoms. The highest BCUT2D eigenvalue weighted by molar-refractivity contribution is 14.0. The van der Waals surface area contributed by atoms with Crippen molar-refractivity contribution in [3.05, 3.63) is 89.7 Å². The lowest BCUT2D eigenvalue weighted by Crippen LogP contribution is -2.39. The second-order valence-electron chi connectivity index (χ2n) is 7.31. The van der Waals surface area contributed by atoms with Crippen LogP contribution in [0.2, 0.25) is 0 Å². The zero-order chi connectivity index (χ0) is 21.9. The third kappa shape index (κ3) is 7.99. The molecule has 0 fully saturated rings. The molecule has 3 aromatic rings. The maximum Gasteiger partial charge on any atom is 0.224 e. The standard InChI is InChI=1S/C24H30N6O.HI/c1-25-24(26-15-13-23(31)29(2)18-20-9-4-3-5-10-20)27-17-21-11-6-7-12-22(21)19-30-16-8-14-28-30;/h3-12,14,16H,13,15,17-19H2,1-2H3,(H2,25,26,27);1H. The fourth-order valence-corrected chi connectivity index (χ4v) is 3.28. The Hall–Kier alpha value is -2.88. The average Bonchev–Trinajstić information content (AvgIpc) is 3.30. The summed E-state index contributed by atoms with van der Waals surface area (Å²) in [5.74, 6) is 0.767. The van der Waals surface area contributed by atoms with E-state index in [1.807, 2.05) is 66.5 Å². The third-order valence-electron chi connectivity index (χ3n) is 5.00. The van der Waals surface area contributed by atoms with Crippen LogP contribution in [0.5, 0.6) is 0 Å². The molecular formula is C24H31IN6O. The van der Waals surface area contributed by atoms with Crippen LogP contribution >= 0.6 is 24.0 Å². The molecule has 170 valence electrons. The topological polar surface area (TPSA) is 74.6 Å². The van der Waals surface area contributed by atoms with Crippen molar-refractivity contribution >= 4 is 35.8 Å². The average molecular weight is 546 g/mol. The van der Waals surface area contributed by atoms with Gasteiger partial charge in [-0.05, 0) is 22.8 Å². The van der Waals surface area contributed by atoms with E-state index < -0.39 is 0 Å². The summed E-state index contributed by atoms with van der Waals surface area (Å²) in [6.07, 6.45) is 4.14. The van der Waals surface area contributed by atoms with Gasteiger partial charge in [0, 0.05) is 52.5 Å². The number of nitrogens with zero attached hydrogens (tertiary/aromatic N) is 4. The minimum absolute atomic E-state index is 0. The lowest BCUT2D eigenvalue weighted by Gasteiger charge is -2.18. The number of hydrogen-bond acceptors (Lipinski definition) is 3. The first-order chi connectivity index (χ1) is 15.2. The van der Waals surface area contributed by atoms with Crippen molar-refractivity contribution in [2.45, 2.75) is 26.1 Å². The van der Waals surface area contributed by atoms with Crippen LogP contribution in [0.1, 0.15) is 23.1 Å². The van der Waals surface area contributed by atoms with Gasteiger partial charge in [0.25, 0.3) is 0 Å². The van der Waals surface area contributed by atoms with Crippen LogP contribution in [0.15, 0.2) is 78.0 Å². The Bertz CT molecular complexity index is 975. The van der Waals surface area contributed by atoms with Crippen LogP contribution in [-0.4, -0.2) is 47.2 Å². The van der Waals surface area contributed by atoms with Gasteiger partial charge in [0.1, 0.15) is 0 Å². The molecule has 1 amide bonds. The maximum atomic E-state index is 12.4. The van der Waals surface area contributed by atoms with Gasteiger partial charge in [-0.15, -0.1) is 24.0 Å². The number of guanidine groups is 1. The summed E-state index contributed by atoms with van der Waals surface area (Å²) in [5.41, 5.74) is 3.50. The second kappa shape index (κ2) is 13.5. The van der Waals surface area contributed by atoms with Crippen molar-refractivity contribution in [3.8, 4) is 0 Å². The van der Waals surface area contributed by atoms with E-state index in [1.165, 1.54) is 11.1 Å². The van der Waals surface area contributed by atoms with Gasteiger partial charge in [-0.2, -0.15) is 5.10 Å². The summed E-state index contributed by atoms with van der Waals surface area (Å²) < 4.78 is 1.91. The monoisotopic (exact) mass is 546 g/mol. The fourth-order valence-electron chi connectivity index (χ4n) is 3.28. The Morgan fingerprint density at radius 2 is 1.75 bits per heavy atom. The van der Waals surface area contributed by atoms with E-state index in [-0.39, 0.29) is 29.9 Å². The van der Waals surface area contributed by atoms with Gasteiger partial charge in [-0.25, -0.2) is 0 Å². The van der Waals surface area contributed by atoms with E-state index in [9.17, 15) is 4.79 Å². The van der Waals surface area contributed by atoms with E-state index in [2.05, 4.69) is 32.9 Å². The van der Waals surface area contributed by atoms with Gasteiger partial charge in [0.2, 0.25) is 5.91 Å². The highest BCUT2D eigenvalue weighted by Crippen LogP contribution is 2.10. The van der Waals surface area contributed by atoms with Crippen molar-refractivity contribution in [1.29, 1.82) is 0 Å². The number of nitrogens with one attached hydrogen (secondary N) is 2. The predicted octanol–water partition coefficient (Wildman–Crippen LogP) is 3.26. The molecule has 1 aromatic heterocycles. The largest absolute Gasteiger partial charge is 0.356 e. The molecule has 0 unspecified atom stereocenters. The number of benzene rings is 2. The summed E-state index contributed by atoms with van der Waals surface area (Å²) in [6.45, 7) is 2.49. The van der Waals surface area contributed by atoms with Crippen molar-refractivity contribution in [3.63, 3.8) is 0 Å². The zero-order valence-corrected chi connectivity index (χ0v) is 20.9. The molecule has 7 nitrogen and oxygen atoms in total. The van der Waals surface area contributed by atoms with Crippen molar-refractivity contribution in [2.24, 2.45) is 4.99 Å². The highest BCUT2D eigenvalue weighted by Gasteiger charge is 2.10. The summed E-state index contributed by atoms with van der Waals surface area (Å²) in [5, 5.41) is 10.8. The highest BCUT2D eigenvalue weighted by atomic mass is 127. The molecule has 0 radical (unpaired) electrons. The molecule has 0 aliphatic heterocycles. The van der Waals surface area contributed by atoms with Gasteiger partial charge in [0.15, 0.2) is 5.96 Å². The van der Waals surface area contributed by atoms with Crippen molar-refractivity contribution < 1.29 is 4.79 Å². The third-order valence-corrected chi connectivity index (χ3v) is 5.00. The Morgan fingerprint density at radius 3 is 2.44 bits per heavy atom. The Morgan fingerprint density at radius 1 is 1.03 bits per heavy atom. The number of carbonyl (C=O) groups is 1. The molecule has 3 rings (SSSR count). The number of rotatable bonds is 9. The number of halogens is 1. The van der Waals surface area contributed by atoms with Crippen LogP contribution < -0.4 is 10.6 Å². The molecule has 0 saturated carbocycles. The van der Waals surface area contributed by atoms with E-state index >= 15 is 0 Å². The summed E-state index contributed by atoms with van der Waals surface area (Å²) in [4.78, 5) is 18.4. The van der Waals surface area contributed by atoms with Crippen LogP contribution in [0.4, 0.5) is 0 Å². The molecule has 0 atom stereocenters. The van der Waals surface area contributed by atoms with Gasteiger partial charge in [-0.3, -0.25) is 14.5 Å². The van der Waals surface area contributed by atoms with Gasteiger partial charge in [0.05, 0.1) is 6.54 Å². The SMILES string of the molecule is CN=C(NCCC(=O)N(C)Cc1ccccc1)NCc1ccccc1Cn1cccn1.I. The van der Waals surface area contributed by atoms with E-state index in [0.717, 1.165) is 12.1 Å². The molecule has 0 bridgehead atoms. The summed E-state index contributed by atoms with van der Waals surface area (Å²) in [7, 11) is 3.56. The molecule has 0 saturated heterocycles. The van der Waals surface area contributed by atoms with Crippen molar-refractivity contribution in [1.82, 2.24) is 25.3 Å². The van der Waals surface area contributed by atoms with Gasteiger partial charge in [-0.1, -0.05) is 54.6 Å². The minimum atomic E-state index is 0. The van der Waals surface area contributed by atoms with Crippen LogP contribution in [0, 0.1) is 0 Å². The first-order valence-electron chi connectivity index (χ1n) is 10.4. The molecule has 2 aromatic carbocycles. The Labute approximate surface area is 206 Å². The van der Waals surface area contributed by atoms with E-state index in [0.29, 0.717) is 32.0 Å². The number of amides is 1. The Kier molecular flexibility index (Phi) is 10.7. The zero-order valence-electron chi connectivity index (χ0n) is 18.6. The lowest BCUT2D eigenvalue weighted by atomic mass is 10.1. The number of aliphatic imine (C=N–C) groups is 1. The van der Waals surface area contributed by atoms with Gasteiger partial charge >= 0.3 is 0 Å². The number of carbonyl (C=O) groups excluding carboxylic acids is 1. The van der Waals surface area contributed by atoms with Crippen LogP contribution in [0.25, 0.3) is 0 Å². The van der Waals surface area contributed by atoms with Crippen molar-refractivity contribution in [2.75, 3.05) is 20.6 Å². The summed E-state index contributed by atoms with van der Waals surface area (Å²) >= 11 is 0. The van der Waals surface area contributed by atoms with Crippen LogP contribution in [0.3, 0.4) is 0 Å². The normalized spacial score (nSPS) is 10.9. The number of aromatic nitrogens is 2. The smallest absolute Gasteiger partial charge is 0.224 e. The van der Waals surface area contributed by atoms with Gasteiger partial charge < -0.3 is 15.5 Å². The van der Waals surface area contributed by atoms with E-state index in [4.69, 9.17) is 0 Å². The molecule has 1 heterocycles. The lowest BCUT2D eigenvalue weighted by molar-refractivity contribution is -0.130. The quantitative estimate of drug-likeness (QED) is 0.246. The molecular weight excluding hydrogens is 515 g/mol. The van der Waals surface area contributed by atoms with E-state index in [1.54, 1.807) is 18.1 Å². The second-order valence-corrected chi connectivity index (χ2v) is 7.31. The maximum absolute atomic E-state index is 12.4. The van der Waals surface area contributed by atoms with Crippen LogP contribution in [-0.2, 0) is 24.4 Å². The molecule has 0 spiro atoms. The predicted molar refractivity (Wildman–Crippen MR) is 139 cm³/mol. The molecule has 8 heteroatoms. The molecule has 0 aliphatic rings. The Balaban J connectivity index is 0.00000363. The fraction of sp³-hybridized carbons (Fsp3) is 0.292.